The first-order valence-corrected chi connectivity index (χ1v) is 7.64. The Balaban J connectivity index is 2.21. The second-order valence-corrected chi connectivity index (χ2v) is 5.77. The second-order valence-electron chi connectivity index (χ2n) is 5.77. The zero-order valence-electron chi connectivity index (χ0n) is 13.6. The number of ether oxygens (including phenoxy) is 1. The van der Waals surface area contributed by atoms with Gasteiger partial charge in [0.1, 0.15) is 5.75 Å². The summed E-state index contributed by atoms with van der Waals surface area (Å²) in [5.41, 5.74) is 1.35. The molecule has 20 heavy (non-hydrogen) atoms. The van der Waals surface area contributed by atoms with Crippen LogP contribution in [0.2, 0.25) is 0 Å². The highest BCUT2D eigenvalue weighted by Gasteiger charge is 2.11. The zero-order valence-corrected chi connectivity index (χ0v) is 13.6. The number of hydrogen-bond acceptors (Lipinski definition) is 3. The number of nitrogens with zero attached hydrogens (tertiary/aromatic N) is 1. The zero-order chi connectivity index (χ0) is 15.0. The van der Waals surface area contributed by atoms with E-state index in [0.29, 0.717) is 12.1 Å². The Morgan fingerprint density at radius 2 is 1.60 bits per heavy atom. The van der Waals surface area contributed by atoms with Crippen molar-refractivity contribution in [1.82, 2.24) is 10.2 Å². The van der Waals surface area contributed by atoms with E-state index in [9.17, 15) is 0 Å². The number of hydrogen-bond donors (Lipinski definition) is 1. The van der Waals surface area contributed by atoms with Crippen molar-refractivity contribution in [2.45, 2.75) is 46.2 Å². The topological polar surface area (TPSA) is 24.5 Å². The first-order valence-electron chi connectivity index (χ1n) is 7.64. The van der Waals surface area contributed by atoms with Crippen LogP contribution in [0.5, 0.6) is 5.75 Å². The molecule has 0 bridgehead atoms. The van der Waals surface area contributed by atoms with Gasteiger partial charge in [0.2, 0.25) is 0 Å². The van der Waals surface area contributed by atoms with Gasteiger partial charge in [0.25, 0.3) is 0 Å². The largest absolute Gasteiger partial charge is 0.497 e. The summed E-state index contributed by atoms with van der Waals surface area (Å²) in [4.78, 5) is 2.51. The Morgan fingerprint density at radius 1 is 1.00 bits per heavy atom. The van der Waals surface area contributed by atoms with Crippen molar-refractivity contribution in [3.8, 4) is 5.75 Å². The Kier molecular flexibility index (Phi) is 7.63. The van der Waals surface area contributed by atoms with E-state index in [2.05, 4.69) is 50.0 Å². The van der Waals surface area contributed by atoms with Gasteiger partial charge in [-0.1, -0.05) is 12.1 Å². The van der Waals surface area contributed by atoms with E-state index < -0.39 is 0 Å². The Morgan fingerprint density at radius 3 is 2.10 bits per heavy atom. The lowest BCUT2D eigenvalue weighted by Crippen LogP contribution is -2.41. The summed E-state index contributed by atoms with van der Waals surface area (Å²) < 4.78 is 5.16. The summed E-state index contributed by atoms with van der Waals surface area (Å²) in [5, 5.41) is 3.53. The van der Waals surface area contributed by atoms with Crippen LogP contribution >= 0.6 is 0 Å². The van der Waals surface area contributed by atoms with Gasteiger partial charge in [-0.15, -0.1) is 0 Å². The van der Waals surface area contributed by atoms with Crippen LogP contribution in [0.25, 0.3) is 0 Å². The number of benzene rings is 1. The van der Waals surface area contributed by atoms with Gasteiger partial charge in [-0.3, -0.25) is 4.90 Å². The van der Waals surface area contributed by atoms with Crippen molar-refractivity contribution < 1.29 is 4.74 Å². The van der Waals surface area contributed by atoms with Crippen LogP contribution in [0.15, 0.2) is 24.3 Å². The fourth-order valence-electron chi connectivity index (χ4n) is 2.47. The van der Waals surface area contributed by atoms with Crippen LogP contribution in [-0.4, -0.2) is 43.7 Å². The van der Waals surface area contributed by atoms with Gasteiger partial charge >= 0.3 is 0 Å². The average Bonchev–Trinajstić information content (AvgIpc) is 2.42. The van der Waals surface area contributed by atoms with Gasteiger partial charge in [-0.2, -0.15) is 0 Å². The van der Waals surface area contributed by atoms with Crippen molar-refractivity contribution in [2.75, 3.05) is 26.7 Å². The van der Waals surface area contributed by atoms with Gasteiger partial charge in [-0.25, -0.2) is 0 Å². The van der Waals surface area contributed by atoms with Crippen molar-refractivity contribution >= 4 is 0 Å². The van der Waals surface area contributed by atoms with Crippen LogP contribution in [0.1, 0.15) is 33.3 Å². The molecule has 0 amide bonds. The number of methoxy groups -OCH3 is 1. The smallest absolute Gasteiger partial charge is 0.118 e. The molecule has 0 saturated heterocycles. The normalized spacial score (nSPS) is 11.6. The molecule has 114 valence electrons. The Labute approximate surface area is 124 Å². The fraction of sp³-hybridized carbons (Fsp3) is 0.647. The molecule has 0 aliphatic rings. The maximum absolute atomic E-state index is 5.16. The number of nitrogens with one attached hydrogen (secondary N) is 1. The van der Waals surface area contributed by atoms with E-state index >= 15 is 0 Å². The first-order chi connectivity index (χ1) is 9.54. The van der Waals surface area contributed by atoms with Crippen molar-refractivity contribution in [2.24, 2.45) is 0 Å². The molecule has 3 nitrogen and oxygen atoms in total. The molecular formula is C17H30N2O. The van der Waals surface area contributed by atoms with Crippen LogP contribution in [0.3, 0.4) is 0 Å². The summed E-state index contributed by atoms with van der Waals surface area (Å²) in [5.74, 6) is 0.922. The predicted octanol–water partition coefficient (Wildman–Crippen LogP) is 2.95. The van der Waals surface area contributed by atoms with E-state index in [1.165, 1.54) is 5.56 Å². The Hall–Kier alpha value is -1.06. The lowest BCUT2D eigenvalue weighted by molar-refractivity contribution is 0.176. The van der Waals surface area contributed by atoms with E-state index in [-0.39, 0.29) is 0 Å². The highest BCUT2D eigenvalue weighted by molar-refractivity contribution is 5.27. The fourth-order valence-corrected chi connectivity index (χ4v) is 2.47. The van der Waals surface area contributed by atoms with Crippen molar-refractivity contribution in [3.63, 3.8) is 0 Å². The summed E-state index contributed by atoms with van der Waals surface area (Å²) in [6.45, 7) is 12.2. The molecule has 0 aliphatic carbocycles. The molecule has 3 heteroatoms. The maximum atomic E-state index is 5.16. The standard InChI is InChI=1S/C17H30N2O/c1-14(2)19(15(3)4)13-12-18-11-10-16-6-8-17(20-5)9-7-16/h6-9,14-15,18H,10-13H2,1-5H3. The van der Waals surface area contributed by atoms with E-state index in [1.807, 2.05) is 12.1 Å². The average molecular weight is 278 g/mol. The number of rotatable bonds is 9. The molecule has 0 aliphatic heterocycles. The first kappa shape index (κ1) is 17.0. The van der Waals surface area contributed by atoms with Crippen molar-refractivity contribution in [3.05, 3.63) is 29.8 Å². The summed E-state index contributed by atoms with van der Waals surface area (Å²) in [6, 6.07) is 9.53. The molecule has 0 spiro atoms. The highest BCUT2D eigenvalue weighted by atomic mass is 16.5. The molecular weight excluding hydrogens is 248 g/mol. The molecule has 0 atom stereocenters. The molecule has 0 aromatic heterocycles. The summed E-state index contributed by atoms with van der Waals surface area (Å²) in [7, 11) is 1.70. The van der Waals surface area contributed by atoms with Crippen LogP contribution in [-0.2, 0) is 6.42 Å². The lowest BCUT2D eigenvalue weighted by atomic mass is 10.1. The molecule has 0 radical (unpaired) electrons. The molecule has 1 aromatic rings. The third kappa shape index (κ3) is 5.93. The highest BCUT2D eigenvalue weighted by Crippen LogP contribution is 2.11. The van der Waals surface area contributed by atoms with Gasteiger partial charge in [-0.05, 0) is 58.4 Å². The molecule has 1 N–H and O–H groups in total. The van der Waals surface area contributed by atoms with E-state index in [4.69, 9.17) is 4.74 Å². The SMILES string of the molecule is COc1ccc(CCNCCN(C(C)C)C(C)C)cc1. The minimum absolute atomic E-state index is 0.610. The lowest BCUT2D eigenvalue weighted by Gasteiger charge is -2.30. The maximum Gasteiger partial charge on any atom is 0.118 e. The minimum atomic E-state index is 0.610. The summed E-state index contributed by atoms with van der Waals surface area (Å²) in [6.07, 6.45) is 1.06. The second kappa shape index (κ2) is 8.98. The molecule has 0 heterocycles. The van der Waals surface area contributed by atoms with Gasteiger partial charge in [0, 0.05) is 25.2 Å². The molecule has 1 aromatic carbocycles. The van der Waals surface area contributed by atoms with Crippen molar-refractivity contribution in [1.29, 1.82) is 0 Å². The van der Waals surface area contributed by atoms with E-state index in [1.54, 1.807) is 7.11 Å². The van der Waals surface area contributed by atoms with Gasteiger partial charge < -0.3 is 10.1 Å². The molecule has 1 rings (SSSR count). The minimum Gasteiger partial charge on any atom is -0.497 e. The van der Waals surface area contributed by atoms with Crippen LogP contribution in [0, 0.1) is 0 Å². The van der Waals surface area contributed by atoms with Gasteiger partial charge in [0.05, 0.1) is 7.11 Å². The third-order valence-corrected chi connectivity index (χ3v) is 3.62. The monoisotopic (exact) mass is 278 g/mol. The molecule has 0 fully saturated rings. The van der Waals surface area contributed by atoms with Crippen LogP contribution < -0.4 is 10.1 Å². The quantitative estimate of drug-likeness (QED) is 0.703. The molecule has 0 unspecified atom stereocenters. The predicted molar refractivity (Wildman–Crippen MR) is 86.5 cm³/mol. The van der Waals surface area contributed by atoms with Gasteiger partial charge in [0.15, 0.2) is 0 Å². The van der Waals surface area contributed by atoms with E-state index in [0.717, 1.165) is 31.8 Å². The third-order valence-electron chi connectivity index (χ3n) is 3.62. The molecule has 0 saturated carbocycles. The van der Waals surface area contributed by atoms with Crippen LogP contribution in [0.4, 0.5) is 0 Å². The summed E-state index contributed by atoms with van der Waals surface area (Å²) >= 11 is 0. The Bertz CT molecular complexity index is 352.